The van der Waals surface area contributed by atoms with Gasteiger partial charge in [0.05, 0.1) is 5.56 Å². The van der Waals surface area contributed by atoms with Gasteiger partial charge >= 0.3 is 6.18 Å². The van der Waals surface area contributed by atoms with Crippen LogP contribution in [0.2, 0.25) is 0 Å². The van der Waals surface area contributed by atoms with Gasteiger partial charge in [0.1, 0.15) is 22.7 Å². The lowest BCUT2D eigenvalue weighted by Gasteiger charge is -2.23. The summed E-state index contributed by atoms with van der Waals surface area (Å²) in [5.74, 6) is -1.80. The number of halogens is 5. The molecule has 0 saturated carbocycles. The molecule has 0 spiro atoms. The molecule has 0 bridgehead atoms. The third kappa shape index (κ3) is 4.32. The van der Waals surface area contributed by atoms with E-state index in [1.165, 1.54) is 24.3 Å². The van der Waals surface area contributed by atoms with Crippen LogP contribution in [0.4, 0.5) is 22.0 Å². The number of alkyl halides is 3. The van der Waals surface area contributed by atoms with Crippen LogP contribution in [0.1, 0.15) is 30.0 Å². The Morgan fingerprint density at radius 3 is 2.23 bits per heavy atom. The Morgan fingerprint density at radius 1 is 0.943 bits per heavy atom. The molecular weight excluding hydrogens is 465 g/mol. The Hall–Kier alpha value is -3.59. The molecule has 1 aliphatic rings. The topological polar surface area (TPSA) is 51.9 Å². The van der Waals surface area contributed by atoms with Crippen molar-refractivity contribution in [1.29, 1.82) is 0 Å². The Bertz CT molecular complexity index is 1380. The van der Waals surface area contributed by atoms with Crippen LogP contribution < -0.4 is 10.0 Å². The van der Waals surface area contributed by atoms with Crippen molar-refractivity contribution in [2.75, 3.05) is 13.1 Å². The van der Waals surface area contributed by atoms with E-state index in [0.717, 1.165) is 56.4 Å². The number of pyridine rings is 2. The van der Waals surface area contributed by atoms with Gasteiger partial charge in [-0.2, -0.15) is 17.9 Å². The monoisotopic (exact) mass is 485 g/mol. The molecule has 180 valence electrons. The standard InChI is InChI=1S/C26H20F5N3O/c27-20-2-1-3-21(28)23(20)25-24-18(10-13-34(25)35)19(14-22(33-24)16-8-11-32-12-9-16)15-4-6-17(7-5-15)26(29,30)31/h1-7,10,13-14,16,32H,8-9,11-12H2. The van der Waals surface area contributed by atoms with Crippen molar-refractivity contribution in [3.05, 3.63) is 88.9 Å². The number of benzene rings is 2. The van der Waals surface area contributed by atoms with Gasteiger partial charge < -0.3 is 10.5 Å². The summed E-state index contributed by atoms with van der Waals surface area (Å²) in [6.07, 6.45) is -1.83. The first-order valence-electron chi connectivity index (χ1n) is 11.1. The zero-order chi connectivity index (χ0) is 24.7. The van der Waals surface area contributed by atoms with Crippen LogP contribution in [-0.2, 0) is 6.18 Å². The summed E-state index contributed by atoms with van der Waals surface area (Å²) in [5.41, 5.74) is 0.170. The molecule has 0 atom stereocenters. The fraction of sp³-hybridized carbons (Fsp3) is 0.231. The Balaban J connectivity index is 1.80. The summed E-state index contributed by atoms with van der Waals surface area (Å²) in [4.78, 5) is 4.70. The average molecular weight is 485 g/mol. The molecule has 2 aromatic carbocycles. The molecule has 5 rings (SSSR count). The smallest absolute Gasteiger partial charge is 0.416 e. The lowest BCUT2D eigenvalue weighted by atomic mass is 9.90. The van der Waals surface area contributed by atoms with Gasteiger partial charge in [0.2, 0.25) is 0 Å². The molecular formula is C26H20F5N3O. The van der Waals surface area contributed by atoms with Gasteiger partial charge in [-0.15, -0.1) is 0 Å². The maximum absolute atomic E-state index is 14.7. The second kappa shape index (κ2) is 8.88. The molecule has 1 aliphatic heterocycles. The van der Waals surface area contributed by atoms with Crippen molar-refractivity contribution in [3.8, 4) is 22.4 Å². The van der Waals surface area contributed by atoms with Crippen molar-refractivity contribution in [3.63, 3.8) is 0 Å². The fourth-order valence-electron chi connectivity index (χ4n) is 4.60. The largest absolute Gasteiger partial charge is 0.618 e. The maximum Gasteiger partial charge on any atom is 0.416 e. The van der Waals surface area contributed by atoms with E-state index in [9.17, 15) is 27.2 Å². The summed E-state index contributed by atoms with van der Waals surface area (Å²) in [5, 5.41) is 16.5. The normalized spacial score (nSPS) is 15.0. The van der Waals surface area contributed by atoms with Crippen molar-refractivity contribution in [1.82, 2.24) is 10.3 Å². The summed E-state index contributed by atoms with van der Waals surface area (Å²) < 4.78 is 69.2. The van der Waals surface area contributed by atoms with Gasteiger partial charge in [0.15, 0.2) is 6.20 Å². The molecule has 0 aliphatic carbocycles. The van der Waals surface area contributed by atoms with Crippen LogP contribution in [0.15, 0.2) is 60.8 Å². The van der Waals surface area contributed by atoms with Gasteiger partial charge in [-0.05, 0) is 67.4 Å². The number of hydrogen-bond donors (Lipinski definition) is 1. The highest BCUT2D eigenvalue weighted by Crippen LogP contribution is 2.38. The minimum Gasteiger partial charge on any atom is -0.618 e. The SMILES string of the molecule is [O-][n+]1ccc2c(-c3ccc(C(F)(F)F)cc3)cc(C3CCNCC3)nc2c1-c1c(F)cccc1F. The van der Waals surface area contributed by atoms with E-state index < -0.39 is 28.9 Å². The zero-order valence-corrected chi connectivity index (χ0v) is 18.4. The maximum atomic E-state index is 14.7. The quantitative estimate of drug-likeness (QED) is 0.221. The molecule has 1 N–H and O–H groups in total. The van der Waals surface area contributed by atoms with E-state index in [2.05, 4.69) is 5.32 Å². The van der Waals surface area contributed by atoms with Crippen molar-refractivity contribution < 1.29 is 26.7 Å². The summed E-state index contributed by atoms with van der Waals surface area (Å²) >= 11 is 0. The number of rotatable bonds is 3. The van der Waals surface area contributed by atoms with Crippen LogP contribution in [-0.4, -0.2) is 18.1 Å². The summed E-state index contributed by atoms with van der Waals surface area (Å²) in [6.45, 7) is 1.51. The summed E-state index contributed by atoms with van der Waals surface area (Å²) in [7, 11) is 0. The summed E-state index contributed by atoms with van der Waals surface area (Å²) in [6, 6.07) is 11.3. The van der Waals surface area contributed by atoms with Crippen molar-refractivity contribution >= 4 is 10.9 Å². The lowest BCUT2D eigenvalue weighted by Crippen LogP contribution is -2.30. The highest BCUT2D eigenvalue weighted by molar-refractivity contribution is 6.00. The van der Waals surface area contributed by atoms with Gasteiger partial charge in [0, 0.05) is 23.1 Å². The van der Waals surface area contributed by atoms with Crippen molar-refractivity contribution in [2.24, 2.45) is 0 Å². The Morgan fingerprint density at radius 2 is 1.60 bits per heavy atom. The first-order valence-corrected chi connectivity index (χ1v) is 11.1. The number of nitrogens with zero attached hydrogens (tertiary/aromatic N) is 2. The molecule has 0 unspecified atom stereocenters. The first-order chi connectivity index (χ1) is 16.7. The van der Waals surface area contributed by atoms with Gasteiger partial charge in [0.25, 0.3) is 5.69 Å². The lowest BCUT2D eigenvalue weighted by molar-refractivity contribution is -0.592. The van der Waals surface area contributed by atoms with Crippen LogP contribution in [0, 0.1) is 16.8 Å². The number of aromatic nitrogens is 2. The van der Waals surface area contributed by atoms with E-state index in [0.29, 0.717) is 26.9 Å². The first kappa shape index (κ1) is 23.2. The van der Waals surface area contributed by atoms with Crippen molar-refractivity contribution in [2.45, 2.75) is 24.9 Å². The molecule has 1 saturated heterocycles. The second-order valence-electron chi connectivity index (χ2n) is 8.54. The number of nitrogens with one attached hydrogen (secondary N) is 1. The average Bonchev–Trinajstić information content (AvgIpc) is 2.84. The van der Waals surface area contributed by atoms with E-state index in [1.54, 1.807) is 6.07 Å². The van der Waals surface area contributed by atoms with Crippen LogP contribution in [0.3, 0.4) is 0 Å². The van der Waals surface area contributed by atoms with E-state index in [1.807, 2.05) is 0 Å². The van der Waals surface area contributed by atoms with Crippen LogP contribution in [0.5, 0.6) is 0 Å². The Kier molecular flexibility index (Phi) is 5.88. The Labute approximate surface area is 197 Å². The predicted octanol–water partition coefficient (Wildman–Crippen LogP) is 5.97. The second-order valence-corrected chi connectivity index (χ2v) is 8.54. The van der Waals surface area contributed by atoms with E-state index in [4.69, 9.17) is 4.98 Å². The molecule has 3 heterocycles. The molecule has 4 aromatic rings. The van der Waals surface area contributed by atoms with Gasteiger partial charge in [-0.1, -0.05) is 18.2 Å². The molecule has 0 radical (unpaired) electrons. The zero-order valence-electron chi connectivity index (χ0n) is 18.4. The number of hydrogen-bond acceptors (Lipinski definition) is 3. The molecule has 9 heteroatoms. The molecule has 1 fully saturated rings. The molecule has 2 aromatic heterocycles. The predicted molar refractivity (Wildman–Crippen MR) is 121 cm³/mol. The van der Waals surface area contributed by atoms with Crippen LogP contribution in [0.25, 0.3) is 33.3 Å². The van der Waals surface area contributed by atoms with E-state index >= 15 is 0 Å². The molecule has 0 amide bonds. The van der Waals surface area contributed by atoms with Crippen LogP contribution >= 0.6 is 0 Å². The third-order valence-electron chi connectivity index (χ3n) is 6.38. The van der Waals surface area contributed by atoms with Gasteiger partial charge in [-0.25, -0.2) is 13.8 Å². The third-order valence-corrected chi connectivity index (χ3v) is 6.38. The molecule has 4 nitrogen and oxygen atoms in total. The minimum atomic E-state index is -4.48. The van der Waals surface area contributed by atoms with E-state index in [-0.39, 0.29) is 17.1 Å². The highest BCUT2D eigenvalue weighted by Gasteiger charge is 2.31. The minimum absolute atomic E-state index is 0.0208. The highest BCUT2D eigenvalue weighted by atomic mass is 19.4. The number of fused-ring (bicyclic) bond motifs is 1. The molecule has 35 heavy (non-hydrogen) atoms. The number of piperidine rings is 1. The fourth-order valence-corrected chi connectivity index (χ4v) is 4.60. The van der Waals surface area contributed by atoms with Gasteiger partial charge in [-0.3, -0.25) is 0 Å².